The summed E-state index contributed by atoms with van der Waals surface area (Å²) in [5.74, 6) is 0.467. The number of aliphatic hydroxyl groups is 1. The maximum absolute atomic E-state index is 12.9. The fourth-order valence-electron chi connectivity index (χ4n) is 3.38. The molecule has 152 valence electrons. The number of amides is 1. The number of hydrogen-bond donors (Lipinski definition) is 3. The number of benzene rings is 2. The number of rotatable bonds is 7. The highest BCUT2D eigenvalue weighted by Crippen LogP contribution is 2.24. The summed E-state index contributed by atoms with van der Waals surface area (Å²) in [4.78, 5) is 17.4. The summed E-state index contributed by atoms with van der Waals surface area (Å²) >= 11 is 0. The molecule has 0 aliphatic heterocycles. The average Bonchev–Trinajstić information content (AvgIpc) is 3.27. The Labute approximate surface area is 173 Å². The molecule has 2 aromatic heterocycles. The van der Waals surface area contributed by atoms with Crippen molar-refractivity contribution >= 4 is 16.8 Å². The molecule has 1 unspecified atom stereocenters. The summed E-state index contributed by atoms with van der Waals surface area (Å²) in [5, 5.41) is 20.4. The van der Waals surface area contributed by atoms with Crippen molar-refractivity contribution in [3.05, 3.63) is 78.1 Å². The van der Waals surface area contributed by atoms with Gasteiger partial charge in [0.15, 0.2) is 0 Å². The van der Waals surface area contributed by atoms with Gasteiger partial charge in [0.1, 0.15) is 5.75 Å². The number of pyridine rings is 1. The average molecular weight is 402 g/mol. The van der Waals surface area contributed by atoms with E-state index in [9.17, 15) is 9.90 Å². The monoisotopic (exact) mass is 402 g/mol. The number of aliphatic hydroxyl groups excluding tert-OH is 1. The highest BCUT2D eigenvalue weighted by Gasteiger charge is 2.17. The van der Waals surface area contributed by atoms with Gasteiger partial charge in [-0.25, -0.2) is 0 Å². The second kappa shape index (κ2) is 8.75. The van der Waals surface area contributed by atoms with Gasteiger partial charge in [0.25, 0.3) is 5.91 Å². The van der Waals surface area contributed by atoms with Gasteiger partial charge in [-0.05, 0) is 48.4 Å². The smallest absolute Gasteiger partial charge is 0.251 e. The lowest BCUT2D eigenvalue weighted by Crippen LogP contribution is -2.29. The SMILES string of the molecule is COc1cccc(C(CCO)NC(=O)c2ccnc(-c3ccc4[nH]ncc4c3)c2)c1. The van der Waals surface area contributed by atoms with E-state index in [1.54, 1.807) is 31.6 Å². The van der Waals surface area contributed by atoms with E-state index in [-0.39, 0.29) is 18.6 Å². The molecule has 1 atom stereocenters. The Kier molecular flexibility index (Phi) is 5.72. The van der Waals surface area contributed by atoms with E-state index in [1.165, 1.54) is 0 Å². The van der Waals surface area contributed by atoms with Crippen LogP contribution in [0.5, 0.6) is 5.75 Å². The zero-order chi connectivity index (χ0) is 20.9. The molecule has 7 heteroatoms. The number of H-pyrrole nitrogens is 1. The number of ether oxygens (including phenoxy) is 1. The third kappa shape index (κ3) is 4.16. The van der Waals surface area contributed by atoms with Gasteiger partial charge in [-0.1, -0.05) is 18.2 Å². The first-order chi connectivity index (χ1) is 14.7. The Hall–Kier alpha value is -3.71. The van der Waals surface area contributed by atoms with Crippen molar-refractivity contribution < 1.29 is 14.6 Å². The highest BCUT2D eigenvalue weighted by molar-refractivity contribution is 5.95. The molecule has 4 rings (SSSR count). The maximum atomic E-state index is 12.9. The van der Waals surface area contributed by atoms with Crippen LogP contribution in [0.25, 0.3) is 22.2 Å². The summed E-state index contributed by atoms with van der Waals surface area (Å²) in [6, 6.07) is 16.4. The molecule has 2 heterocycles. The number of carbonyl (C=O) groups excluding carboxylic acids is 1. The minimum atomic E-state index is -0.337. The molecule has 0 aliphatic rings. The first-order valence-corrected chi connectivity index (χ1v) is 9.63. The van der Waals surface area contributed by atoms with E-state index >= 15 is 0 Å². The number of nitrogens with zero attached hydrogens (tertiary/aromatic N) is 2. The summed E-state index contributed by atoms with van der Waals surface area (Å²) in [6.07, 6.45) is 3.77. The van der Waals surface area contributed by atoms with Gasteiger partial charge in [-0.2, -0.15) is 5.10 Å². The number of nitrogens with one attached hydrogen (secondary N) is 2. The molecular formula is C23H22N4O3. The highest BCUT2D eigenvalue weighted by atomic mass is 16.5. The molecule has 0 fully saturated rings. The molecule has 0 saturated carbocycles. The van der Waals surface area contributed by atoms with E-state index < -0.39 is 0 Å². The zero-order valence-corrected chi connectivity index (χ0v) is 16.5. The zero-order valence-electron chi connectivity index (χ0n) is 16.5. The van der Waals surface area contributed by atoms with Crippen LogP contribution < -0.4 is 10.1 Å². The molecule has 0 radical (unpaired) electrons. The van der Waals surface area contributed by atoms with Gasteiger partial charge in [-0.3, -0.25) is 14.9 Å². The normalized spacial score (nSPS) is 11.9. The lowest BCUT2D eigenvalue weighted by molar-refractivity contribution is 0.0930. The first kappa shape index (κ1) is 19.6. The van der Waals surface area contributed by atoms with Crippen molar-refractivity contribution in [3.8, 4) is 17.0 Å². The van der Waals surface area contributed by atoms with Crippen LogP contribution in [0.15, 0.2) is 67.0 Å². The first-order valence-electron chi connectivity index (χ1n) is 9.63. The van der Waals surface area contributed by atoms with Crippen molar-refractivity contribution in [2.45, 2.75) is 12.5 Å². The number of aromatic amines is 1. The van der Waals surface area contributed by atoms with Gasteiger partial charge < -0.3 is 15.2 Å². The molecule has 0 aliphatic carbocycles. The number of hydrogen-bond acceptors (Lipinski definition) is 5. The minimum Gasteiger partial charge on any atom is -0.497 e. The largest absolute Gasteiger partial charge is 0.497 e. The quantitative estimate of drug-likeness (QED) is 0.439. The standard InChI is InChI=1S/C23H22N4O3/c1-30-19-4-2-3-15(12-19)20(8-10-28)26-23(29)17-7-9-24-22(13-17)16-5-6-21-18(11-16)14-25-27-21/h2-7,9,11-14,20,28H,8,10H2,1H3,(H,25,27)(H,26,29). The Morgan fingerprint density at radius 2 is 2.10 bits per heavy atom. The molecule has 4 aromatic rings. The Morgan fingerprint density at radius 3 is 2.93 bits per heavy atom. The van der Waals surface area contributed by atoms with E-state index in [2.05, 4.69) is 20.5 Å². The van der Waals surface area contributed by atoms with Crippen molar-refractivity contribution in [1.82, 2.24) is 20.5 Å². The Bertz CT molecular complexity index is 1170. The van der Waals surface area contributed by atoms with Gasteiger partial charge in [0.05, 0.1) is 30.6 Å². The van der Waals surface area contributed by atoms with E-state index in [4.69, 9.17) is 4.74 Å². The molecule has 0 bridgehead atoms. The van der Waals surface area contributed by atoms with Crippen LogP contribution in [0.3, 0.4) is 0 Å². The molecule has 2 aromatic carbocycles. The van der Waals surface area contributed by atoms with Crippen molar-refractivity contribution in [1.29, 1.82) is 0 Å². The Balaban J connectivity index is 1.58. The number of methoxy groups -OCH3 is 1. The van der Waals surface area contributed by atoms with E-state index in [1.807, 2.05) is 42.5 Å². The molecule has 3 N–H and O–H groups in total. The van der Waals surface area contributed by atoms with Crippen LogP contribution in [0.1, 0.15) is 28.4 Å². The van der Waals surface area contributed by atoms with Gasteiger partial charge in [0, 0.05) is 29.3 Å². The van der Waals surface area contributed by atoms with Crippen molar-refractivity contribution in [2.24, 2.45) is 0 Å². The molecule has 30 heavy (non-hydrogen) atoms. The summed E-state index contributed by atoms with van der Waals surface area (Å²) in [5.41, 5.74) is 3.91. The van der Waals surface area contributed by atoms with Crippen molar-refractivity contribution in [3.63, 3.8) is 0 Å². The number of fused-ring (bicyclic) bond motifs is 1. The van der Waals surface area contributed by atoms with E-state index in [0.29, 0.717) is 23.4 Å². The summed E-state index contributed by atoms with van der Waals surface area (Å²) < 4.78 is 5.27. The molecule has 0 saturated heterocycles. The lowest BCUT2D eigenvalue weighted by atomic mass is 10.0. The fraction of sp³-hybridized carbons (Fsp3) is 0.174. The Morgan fingerprint density at radius 1 is 1.20 bits per heavy atom. The molecule has 7 nitrogen and oxygen atoms in total. The predicted octanol–water partition coefficient (Wildman–Crippen LogP) is 3.49. The third-order valence-electron chi connectivity index (χ3n) is 4.98. The predicted molar refractivity (Wildman–Crippen MR) is 114 cm³/mol. The summed E-state index contributed by atoms with van der Waals surface area (Å²) in [7, 11) is 1.60. The summed E-state index contributed by atoms with van der Waals surface area (Å²) in [6.45, 7) is -0.0472. The molecular weight excluding hydrogens is 380 g/mol. The van der Waals surface area contributed by atoms with Crippen LogP contribution >= 0.6 is 0 Å². The van der Waals surface area contributed by atoms with Gasteiger partial charge in [0.2, 0.25) is 0 Å². The van der Waals surface area contributed by atoms with Crippen LogP contribution in [-0.4, -0.2) is 39.9 Å². The van der Waals surface area contributed by atoms with E-state index in [0.717, 1.165) is 22.0 Å². The van der Waals surface area contributed by atoms with Gasteiger partial charge in [-0.15, -0.1) is 0 Å². The topological polar surface area (TPSA) is 100 Å². The molecule has 0 spiro atoms. The van der Waals surface area contributed by atoms with Crippen LogP contribution in [0, 0.1) is 0 Å². The second-order valence-corrected chi connectivity index (χ2v) is 6.92. The van der Waals surface area contributed by atoms with Crippen LogP contribution in [0.2, 0.25) is 0 Å². The number of carbonyl (C=O) groups is 1. The fourth-order valence-corrected chi connectivity index (χ4v) is 3.38. The van der Waals surface area contributed by atoms with Crippen LogP contribution in [0.4, 0.5) is 0 Å². The third-order valence-corrected chi connectivity index (χ3v) is 4.98. The van der Waals surface area contributed by atoms with Crippen LogP contribution in [-0.2, 0) is 0 Å². The maximum Gasteiger partial charge on any atom is 0.251 e. The number of aromatic nitrogens is 3. The molecule has 1 amide bonds. The van der Waals surface area contributed by atoms with Crippen molar-refractivity contribution in [2.75, 3.05) is 13.7 Å². The minimum absolute atomic E-state index is 0.0472. The second-order valence-electron chi connectivity index (χ2n) is 6.92. The van der Waals surface area contributed by atoms with Gasteiger partial charge >= 0.3 is 0 Å². The lowest BCUT2D eigenvalue weighted by Gasteiger charge is -2.19.